The van der Waals surface area contributed by atoms with E-state index in [-0.39, 0.29) is 17.3 Å². The average Bonchev–Trinajstić information content (AvgIpc) is 2.77. The summed E-state index contributed by atoms with van der Waals surface area (Å²) in [5.41, 5.74) is 3.77. The van der Waals surface area contributed by atoms with E-state index in [1.54, 1.807) is 18.2 Å². The topological polar surface area (TPSA) is 75.7 Å². The fraction of sp³-hybridized carbons (Fsp3) is 0.208. The first-order chi connectivity index (χ1) is 15.1. The number of hydrogen-bond donors (Lipinski definition) is 1. The van der Waals surface area contributed by atoms with Gasteiger partial charge in [-0.05, 0) is 73.5 Å². The number of sulfonamides is 1. The molecule has 1 N–H and O–H groups in total. The Balaban J connectivity index is 1.86. The molecule has 3 aromatic rings. The van der Waals surface area contributed by atoms with Crippen LogP contribution >= 0.6 is 11.6 Å². The van der Waals surface area contributed by atoms with E-state index in [1.807, 2.05) is 32.0 Å². The summed E-state index contributed by atoms with van der Waals surface area (Å²) in [6.07, 6.45) is 0. The maximum Gasteiger partial charge on any atom is 0.255 e. The number of carbonyl (C=O) groups is 1. The molecular formula is C24H25ClN2O4S. The molecule has 6 nitrogen and oxygen atoms in total. The Bertz CT molecular complexity index is 1240. The molecule has 168 valence electrons. The van der Waals surface area contributed by atoms with Crippen LogP contribution in [-0.2, 0) is 16.6 Å². The van der Waals surface area contributed by atoms with Gasteiger partial charge in [0.05, 0.1) is 12.0 Å². The van der Waals surface area contributed by atoms with Gasteiger partial charge in [0.2, 0.25) is 10.0 Å². The normalized spacial score (nSPS) is 11.4. The molecule has 0 saturated heterocycles. The lowest BCUT2D eigenvalue weighted by Gasteiger charge is -2.19. The van der Waals surface area contributed by atoms with Gasteiger partial charge in [-0.1, -0.05) is 23.7 Å². The van der Waals surface area contributed by atoms with Crippen molar-refractivity contribution in [2.45, 2.75) is 25.3 Å². The van der Waals surface area contributed by atoms with Crippen LogP contribution in [0.15, 0.2) is 65.6 Å². The quantitative estimate of drug-likeness (QED) is 0.522. The van der Waals surface area contributed by atoms with E-state index < -0.39 is 10.0 Å². The standard InChI is InChI=1S/C24H25ClN2O4S/c1-16-6-5-7-22(17(16)2)26-24(28)18-8-13-23(31-4)19(14-18)15-27(3)32(29,30)21-11-9-20(25)10-12-21/h5-14H,15H2,1-4H3,(H,26,28). The van der Waals surface area contributed by atoms with Crippen LogP contribution in [0.4, 0.5) is 5.69 Å². The molecule has 0 heterocycles. The maximum absolute atomic E-state index is 12.9. The van der Waals surface area contributed by atoms with E-state index in [9.17, 15) is 13.2 Å². The Hall–Kier alpha value is -2.87. The van der Waals surface area contributed by atoms with Crippen molar-refractivity contribution in [1.29, 1.82) is 0 Å². The molecule has 0 saturated carbocycles. The summed E-state index contributed by atoms with van der Waals surface area (Å²) >= 11 is 5.87. The molecule has 1 amide bonds. The van der Waals surface area contributed by atoms with E-state index in [0.717, 1.165) is 16.8 Å². The molecule has 0 aromatic heterocycles. The largest absolute Gasteiger partial charge is 0.496 e. The van der Waals surface area contributed by atoms with Gasteiger partial charge in [-0.3, -0.25) is 4.79 Å². The molecule has 0 bridgehead atoms. The summed E-state index contributed by atoms with van der Waals surface area (Å²) in [7, 11) is -0.772. The summed E-state index contributed by atoms with van der Waals surface area (Å²) < 4.78 is 32.5. The van der Waals surface area contributed by atoms with E-state index in [4.69, 9.17) is 16.3 Å². The van der Waals surface area contributed by atoms with Crippen LogP contribution < -0.4 is 10.1 Å². The molecule has 32 heavy (non-hydrogen) atoms. The number of aryl methyl sites for hydroxylation is 1. The number of carbonyl (C=O) groups excluding carboxylic acids is 1. The highest BCUT2D eigenvalue weighted by atomic mass is 35.5. The zero-order valence-electron chi connectivity index (χ0n) is 18.3. The monoisotopic (exact) mass is 472 g/mol. The van der Waals surface area contributed by atoms with E-state index in [2.05, 4.69) is 5.32 Å². The van der Waals surface area contributed by atoms with Gasteiger partial charge in [0, 0.05) is 35.4 Å². The van der Waals surface area contributed by atoms with Crippen molar-refractivity contribution in [2.24, 2.45) is 0 Å². The zero-order valence-corrected chi connectivity index (χ0v) is 19.9. The van der Waals surface area contributed by atoms with E-state index in [0.29, 0.717) is 21.9 Å². The van der Waals surface area contributed by atoms with Gasteiger partial charge in [0.15, 0.2) is 0 Å². The Morgan fingerprint density at radius 1 is 1.06 bits per heavy atom. The fourth-order valence-electron chi connectivity index (χ4n) is 3.24. The summed E-state index contributed by atoms with van der Waals surface area (Å²) in [6.45, 7) is 3.95. The number of rotatable bonds is 7. The Kier molecular flexibility index (Phi) is 7.23. The molecule has 0 aliphatic rings. The third-order valence-corrected chi connectivity index (χ3v) is 7.38. The third-order valence-electron chi connectivity index (χ3n) is 5.31. The lowest BCUT2D eigenvalue weighted by atomic mass is 10.1. The minimum atomic E-state index is -3.75. The number of hydrogen-bond acceptors (Lipinski definition) is 4. The van der Waals surface area contributed by atoms with Crippen LogP contribution in [0.1, 0.15) is 27.0 Å². The number of halogens is 1. The fourth-order valence-corrected chi connectivity index (χ4v) is 4.51. The second-order valence-electron chi connectivity index (χ2n) is 7.44. The van der Waals surface area contributed by atoms with E-state index >= 15 is 0 Å². The van der Waals surface area contributed by atoms with Crippen LogP contribution in [0.2, 0.25) is 5.02 Å². The first-order valence-electron chi connectivity index (χ1n) is 9.90. The second kappa shape index (κ2) is 9.73. The highest BCUT2D eigenvalue weighted by molar-refractivity contribution is 7.89. The minimum absolute atomic E-state index is 0.0265. The molecule has 0 unspecified atom stereocenters. The first kappa shape index (κ1) is 23.8. The van der Waals surface area contributed by atoms with E-state index in [1.165, 1.54) is 42.7 Å². The first-order valence-corrected chi connectivity index (χ1v) is 11.7. The molecule has 0 fully saturated rings. The third kappa shape index (κ3) is 5.12. The van der Waals surface area contributed by atoms with Gasteiger partial charge >= 0.3 is 0 Å². The molecule has 8 heteroatoms. The van der Waals surface area contributed by atoms with Gasteiger partial charge in [-0.15, -0.1) is 0 Å². The van der Waals surface area contributed by atoms with Gasteiger partial charge < -0.3 is 10.1 Å². The van der Waals surface area contributed by atoms with Crippen LogP contribution in [0, 0.1) is 13.8 Å². The molecule has 0 radical (unpaired) electrons. The number of amides is 1. The van der Waals surface area contributed by atoms with Crippen LogP contribution in [0.5, 0.6) is 5.75 Å². The van der Waals surface area contributed by atoms with Crippen molar-refractivity contribution < 1.29 is 17.9 Å². The van der Waals surface area contributed by atoms with Crippen LogP contribution in [0.25, 0.3) is 0 Å². The highest BCUT2D eigenvalue weighted by Gasteiger charge is 2.23. The lowest BCUT2D eigenvalue weighted by Crippen LogP contribution is -2.27. The molecular weight excluding hydrogens is 448 g/mol. The summed E-state index contributed by atoms with van der Waals surface area (Å²) in [5, 5.41) is 3.38. The Morgan fingerprint density at radius 2 is 1.75 bits per heavy atom. The van der Waals surface area contributed by atoms with Gasteiger partial charge in [0.25, 0.3) is 5.91 Å². The molecule has 0 spiro atoms. The van der Waals surface area contributed by atoms with Crippen molar-refractivity contribution in [3.8, 4) is 5.75 Å². The number of nitrogens with zero attached hydrogens (tertiary/aromatic N) is 1. The number of anilines is 1. The summed E-state index contributed by atoms with van der Waals surface area (Å²) in [4.78, 5) is 13.0. The summed E-state index contributed by atoms with van der Waals surface area (Å²) in [5.74, 6) is 0.206. The maximum atomic E-state index is 12.9. The van der Waals surface area contributed by atoms with Crippen molar-refractivity contribution >= 4 is 33.2 Å². The second-order valence-corrected chi connectivity index (χ2v) is 9.92. The van der Waals surface area contributed by atoms with Crippen molar-refractivity contribution in [3.63, 3.8) is 0 Å². The predicted molar refractivity (Wildman–Crippen MR) is 127 cm³/mol. The Labute approximate surface area is 193 Å². The number of nitrogens with one attached hydrogen (secondary N) is 1. The number of methoxy groups -OCH3 is 1. The predicted octanol–water partition coefficient (Wildman–Crippen LogP) is 5.04. The number of ether oxygens (including phenoxy) is 1. The Morgan fingerprint density at radius 3 is 2.41 bits per heavy atom. The van der Waals surface area contributed by atoms with Gasteiger partial charge in [0.1, 0.15) is 5.75 Å². The molecule has 3 rings (SSSR count). The number of benzene rings is 3. The van der Waals surface area contributed by atoms with Crippen molar-refractivity contribution in [2.75, 3.05) is 19.5 Å². The smallest absolute Gasteiger partial charge is 0.255 e. The van der Waals surface area contributed by atoms with Crippen LogP contribution in [-0.4, -0.2) is 32.8 Å². The SMILES string of the molecule is COc1ccc(C(=O)Nc2cccc(C)c2C)cc1CN(C)S(=O)(=O)c1ccc(Cl)cc1. The highest BCUT2D eigenvalue weighted by Crippen LogP contribution is 2.26. The average molecular weight is 473 g/mol. The van der Waals surface area contributed by atoms with Crippen molar-refractivity contribution in [1.82, 2.24) is 4.31 Å². The van der Waals surface area contributed by atoms with Gasteiger partial charge in [-0.2, -0.15) is 4.31 Å². The molecule has 0 atom stereocenters. The van der Waals surface area contributed by atoms with Crippen molar-refractivity contribution in [3.05, 3.63) is 87.9 Å². The molecule has 0 aliphatic carbocycles. The molecule has 0 aliphatic heterocycles. The minimum Gasteiger partial charge on any atom is -0.496 e. The van der Waals surface area contributed by atoms with Crippen LogP contribution in [0.3, 0.4) is 0 Å². The lowest BCUT2D eigenvalue weighted by molar-refractivity contribution is 0.102. The molecule has 3 aromatic carbocycles. The zero-order chi connectivity index (χ0) is 23.5. The van der Waals surface area contributed by atoms with Gasteiger partial charge in [-0.25, -0.2) is 8.42 Å². The summed E-state index contributed by atoms with van der Waals surface area (Å²) in [6, 6.07) is 16.6.